The Balaban J connectivity index is 2.29. The van der Waals surface area contributed by atoms with Gasteiger partial charge in [-0.1, -0.05) is 0 Å². The minimum atomic E-state index is -0.850. The van der Waals surface area contributed by atoms with Gasteiger partial charge in [0.25, 0.3) is 0 Å². The van der Waals surface area contributed by atoms with E-state index in [1.807, 2.05) is 0 Å². The maximum Gasteiger partial charge on any atom is 0.155 e. The van der Waals surface area contributed by atoms with E-state index in [9.17, 15) is 0 Å². The molecule has 0 aromatic rings. The predicted molar refractivity (Wildman–Crippen MR) is 33.2 cm³/mol. The van der Waals surface area contributed by atoms with Crippen molar-refractivity contribution in [3.8, 4) is 0 Å². The lowest BCUT2D eigenvalue weighted by molar-refractivity contribution is -0.127. The van der Waals surface area contributed by atoms with Crippen molar-refractivity contribution in [3.05, 3.63) is 0 Å². The number of aliphatic hydroxyl groups excluding tert-OH is 3. The van der Waals surface area contributed by atoms with Gasteiger partial charge >= 0.3 is 0 Å². The van der Waals surface area contributed by atoms with Gasteiger partial charge in [0.2, 0.25) is 0 Å². The van der Waals surface area contributed by atoms with Crippen LogP contribution in [0.4, 0.5) is 0 Å². The summed E-state index contributed by atoms with van der Waals surface area (Å²) < 4.78 is 4.86. The Labute approximate surface area is 59.1 Å². The molecule has 0 amide bonds. The SMILES string of the molecule is OC[C@@H](O)[C@H]1CC[C@H](O)O1. The molecule has 1 rings (SSSR count). The maximum atomic E-state index is 8.99. The van der Waals surface area contributed by atoms with Gasteiger partial charge in [-0.2, -0.15) is 0 Å². The fourth-order valence-electron chi connectivity index (χ4n) is 1.05. The lowest BCUT2D eigenvalue weighted by Crippen LogP contribution is -2.29. The van der Waals surface area contributed by atoms with Gasteiger partial charge in [-0.15, -0.1) is 0 Å². The minimum Gasteiger partial charge on any atom is -0.394 e. The third kappa shape index (κ3) is 1.67. The molecule has 0 bridgehead atoms. The average Bonchev–Trinajstić information content (AvgIpc) is 2.34. The van der Waals surface area contributed by atoms with Gasteiger partial charge < -0.3 is 20.1 Å². The summed E-state index contributed by atoms with van der Waals surface area (Å²) in [6.45, 7) is -0.308. The summed E-state index contributed by atoms with van der Waals surface area (Å²) in [7, 11) is 0. The van der Waals surface area contributed by atoms with Crippen molar-refractivity contribution >= 4 is 0 Å². The van der Waals surface area contributed by atoms with E-state index in [0.717, 1.165) is 0 Å². The fourth-order valence-corrected chi connectivity index (χ4v) is 1.05. The van der Waals surface area contributed by atoms with E-state index < -0.39 is 12.4 Å². The standard InChI is InChI=1S/C6H12O4/c7-3-4(8)5-1-2-6(9)10-5/h4-9H,1-3H2/t4-,5-,6-/m1/s1. The zero-order valence-electron chi connectivity index (χ0n) is 5.60. The Bertz CT molecular complexity index is 106. The lowest BCUT2D eigenvalue weighted by Gasteiger charge is -2.14. The minimum absolute atomic E-state index is 0.308. The van der Waals surface area contributed by atoms with Crippen molar-refractivity contribution in [3.63, 3.8) is 0 Å². The Kier molecular flexibility index (Phi) is 2.62. The highest BCUT2D eigenvalue weighted by Crippen LogP contribution is 2.19. The number of hydrogen-bond donors (Lipinski definition) is 3. The molecular weight excluding hydrogens is 136 g/mol. The molecule has 0 aromatic heterocycles. The first-order valence-corrected chi connectivity index (χ1v) is 3.36. The fraction of sp³-hybridized carbons (Fsp3) is 1.00. The molecule has 0 aromatic carbocycles. The number of hydrogen-bond acceptors (Lipinski definition) is 4. The zero-order chi connectivity index (χ0) is 7.56. The van der Waals surface area contributed by atoms with E-state index in [1.165, 1.54) is 0 Å². The third-order valence-electron chi connectivity index (χ3n) is 1.65. The second-order valence-electron chi connectivity index (χ2n) is 2.46. The quantitative estimate of drug-likeness (QED) is 0.462. The molecule has 4 nitrogen and oxygen atoms in total. The highest BCUT2D eigenvalue weighted by Gasteiger charge is 2.28. The van der Waals surface area contributed by atoms with Crippen LogP contribution in [0.3, 0.4) is 0 Å². The van der Waals surface area contributed by atoms with E-state index in [4.69, 9.17) is 20.1 Å². The van der Waals surface area contributed by atoms with Crippen molar-refractivity contribution in [1.29, 1.82) is 0 Å². The number of rotatable bonds is 2. The first-order valence-electron chi connectivity index (χ1n) is 3.36. The molecule has 0 radical (unpaired) electrons. The molecule has 4 heteroatoms. The van der Waals surface area contributed by atoms with Gasteiger partial charge in [0.05, 0.1) is 12.7 Å². The maximum absolute atomic E-state index is 8.99. The Hall–Kier alpha value is -0.160. The van der Waals surface area contributed by atoms with Crippen LogP contribution in [0.25, 0.3) is 0 Å². The highest BCUT2D eigenvalue weighted by atomic mass is 16.6. The molecule has 10 heavy (non-hydrogen) atoms. The molecule has 60 valence electrons. The molecule has 1 aliphatic rings. The van der Waals surface area contributed by atoms with Crippen molar-refractivity contribution in [2.45, 2.75) is 31.3 Å². The van der Waals surface area contributed by atoms with Gasteiger partial charge in [0.15, 0.2) is 6.29 Å². The zero-order valence-corrected chi connectivity index (χ0v) is 5.60. The normalized spacial score (nSPS) is 36.3. The summed E-state index contributed by atoms with van der Waals surface area (Å²) in [4.78, 5) is 0. The van der Waals surface area contributed by atoms with Crippen LogP contribution >= 0.6 is 0 Å². The first-order chi connectivity index (χ1) is 4.74. The summed E-state index contributed by atoms with van der Waals surface area (Å²) in [6.07, 6.45) is -0.840. The van der Waals surface area contributed by atoms with E-state index in [0.29, 0.717) is 12.8 Å². The molecule has 3 N–H and O–H groups in total. The Morgan fingerprint density at radius 3 is 2.60 bits per heavy atom. The molecule has 1 fully saturated rings. The van der Waals surface area contributed by atoms with Gasteiger partial charge in [-0.05, 0) is 6.42 Å². The monoisotopic (exact) mass is 148 g/mol. The Morgan fingerprint density at radius 2 is 2.20 bits per heavy atom. The van der Waals surface area contributed by atoms with Gasteiger partial charge in [-0.25, -0.2) is 0 Å². The van der Waals surface area contributed by atoms with Crippen LogP contribution in [-0.2, 0) is 4.74 Å². The van der Waals surface area contributed by atoms with Crippen LogP contribution in [0.1, 0.15) is 12.8 Å². The molecule has 1 heterocycles. The van der Waals surface area contributed by atoms with Crippen LogP contribution in [0, 0.1) is 0 Å². The summed E-state index contributed by atoms with van der Waals surface area (Å²) in [5, 5.41) is 26.3. The van der Waals surface area contributed by atoms with Crippen molar-refractivity contribution in [2.24, 2.45) is 0 Å². The van der Waals surface area contributed by atoms with Crippen molar-refractivity contribution < 1.29 is 20.1 Å². The second-order valence-corrected chi connectivity index (χ2v) is 2.46. The summed E-state index contributed by atoms with van der Waals surface area (Å²) in [5.74, 6) is 0. The van der Waals surface area contributed by atoms with Crippen molar-refractivity contribution in [2.75, 3.05) is 6.61 Å². The van der Waals surface area contributed by atoms with E-state index in [2.05, 4.69) is 0 Å². The average molecular weight is 148 g/mol. The van der Waals surface area contributed by atoms with Crippen LogP contribution in [0.5, 0.6) is 0 Å². The topological polar surface area (TPSA) is 69.9 Å². The molecule has 1 saturated heterocycles. The highest BCUT2D eigenvalue weighted by molar-refractivity contribution is 4.74. The van der Waals surface area contributed by atoms with E-state index >= 15 is 0 Å². The number of ether oxygens (including phenoxy) is 1. The summed E-state index contributed by atoms with van der Waals surface area (Å²) >= 11 is 0. The largest absolute Gasteiger partial charge is 0.394 e. The van der Waals surface area contributed by atoms with Gasteiger partial charge in [-0.3, -0.25) is 0 Å². The van der Waals surface area contributed by atoms with E-state index in [-0.39, 0.29) is 12.7 Å². The Morgan fingerprint density at radius 1 is 1.50 bits per heavy atom. The van der Waals surface area contributed by atoms with Crippen LogP contribution in [0.2, 0.25) is 0 Å². The second kappa shape index (κ2) is 3.30. The third-order valence-corrected chi connectivity index (χ3v) is 1.65. The molecule has 0 aliphatic carbocycles. The molecule has 0 saturated carbocycles. The first kappa shape index (κ1) is 7.94. The van der Waals surface area contributed by atoms with Crippen LogP contribution in [-0.4, -0.2) is 40.4 Å². The van der Waals surface area contributed by atoms with Crippen LogP contribution in [0.15, 0.2) is 0 Å². The molecule has 0 unspecified atom stereocenters. The van der Waals surface area contributed by atoms with Crippen LogP contribution < -0.4 is 0 Å². The summed E-state index contributed by atoms with van der Waals surface area (Å²) in [6, 6.07) is 0. The number of aliphatic hydroxyl groups is 3. The molecule has 1 aliphatic heterocycles. The molecular formula is C6H12O4. The van der Waals surface area contributed by atoms with Crippen molar-refractivity contribution in [1.82, 2.24) is 0 Å². The smallest absolute Gasteiger partial charge is 0.155 e. The van der Waals surface area contributed by atoms with Gasteiger partial charge in [0.1, 0.15) is 6.10 Å². The predicted octanol–water partition coefficient (Wildman–Crippen LogP) is -1.16. The van der Waals surface area contributed by atoms with E-state index in [1.54, 1.807) is 0 Å². The molecule has 0 spiro atoms. The lowest BCUT2D eigenvalue weighted by atomic mass is 10.1. The van der Waals surface area contributed by atoms with Gasteiger partial charge in [0, 0.05) is 6.42 Å². The summed E-state index contributed by atoms with van der Waals surface area (Å²) in [5.41, 5.74) is 0. The molecule has 3 atom stereocenters.